The summed E-state index contributed by atoms with van der Waals surface area (Å²) in [5, 5.41) is 13.9. The smallest absolute Gasteiger partial charge is 0.234 e. The van der Waals surface area contributed by atoms with Crippen LogP contribution in [-0.2, 0) is 4.79 Å². The zero-order valence-corrected chi connectivity index (χ0v) is 17.3. The molecule has 2 fully saturated rings. The number of likely N-dealkylation sites (tertiary alicyclic amines) is 1. The summed E-state index contributed by atoms with van der Waals surface area (Å²) in [7, 11) is 0. The van der Waals surface area contributed by atoms with Crippen LogP contribution >= 0.6 is 0 Å². The van der Waals surface area contributed by atoms with Gasteiger partial charge in [-0.15, -0.1) is 0 Å². The molecule has 0 aromatic heterocycles. The average molecular weight is 387 g/mol. The fraction of sp³-hybridized carbons (Fsp3) is 0.696. The van der Waals surface area contributed by atoms with Crippen molar-refractivity contribution in [1.29, 1.82) is 0 Å². The van der Waals surface area contributed by atoms with Crippen molar-refractivity contribution in [1.82, 2.24) is 10.2 Å². The van der Waals surface area contributed by atoms with Crippen LogP contribution in [-0.4, -0.2) is 47.2 Å². The van der Waals surface area contributed by atoms with Crippen LogP contribution in [0, 0.1) is 13.8 Å². The first kappa shape index (κ1) is 19.7. The van der Waals surface area contributed by atoms with Gasteiger partial charge in [-0.05, 0) is 62.8 Å². The van der Waals surface area contributed by atoms with Gasteiger partial charge in [-0.2, -0.15) is 0 Å². The lowest BCUT2D eigenvalue weighted by atomic mass is 9.81. The van der Waals surface area contributed by atoms with E-state index >= 15 is 0 Å². The van der Waals surface area contributed by atoms with Gasteiger partial charge in [-0.25, -0.2) is 0 Å². The molecule has 0 bridgehead atoms. The summed E-state index contributed by atoms with van der Waals surface area (Å²) in [5.74, 6) is 0.995. The van der Waals surface area contributed by atoms with E-state index in [0.717, 1.165) is 50.1 Å². The molecule has 4 rings (SSSR count). The monoisotopic (exact) mass is 386 g/mol. The SMILES string of the molecule is Cc1cc2c(cc1C)[C@H](O)CC1(CCN(CC(=O)NC3CCCCC3)CC1)O2. The number of nitrogens with one attached hydrogen (secondary N) is 1. The highest BCUT2D eigenvalue weighted by molar-refractivity contribution is 5.78. The summed E-state index contributed by atoms with van der Waals surface area (Å²) in [6.07, 6.45) is 7.90. The second-order valence-corrected chi connectivity index (χ2v) is 9.16. The number of benzene rings is 1. The van der Waals surface area contributed by atoms with Crippen LogP contribution in [0.15, 0.2) is 12.1 Å². The second-order valence-electron chi connectivity index (χ2n) is 9.16. The van der Waals surface area contributed by atoms with Gasteiger partial charge in [0.25, 0.3) is 0 Å². The quantitative estimate of drug-likeness (QED) is 0.836. The van der Waals surface area contributed by atoms with Crippen LogP contribution in [0.2, 0.25) is 0 Å². The molecule has 1 aliphatic carbocycles. The van der Waals surface area contributed by atoms with Crippen molar-refractivity contribution < 1.29 is 14.6 Å². The summed E-state index contributed by atoms with van der Waals surface area (Å²) < 4.78 is 6.45. The van der Waals surface area contributed by atoms with E-state index in [1.54, 1.807) is 0 Å². The number of hydrogen-bond donors (Lipinski definition) is 2. The summed E-state index contributed by atoms with van der Waals surface area (Å²) in [5.41, 5.74) is 3.00. The van der Waals surface area contributed by atoms with Crippen molar-refractivity contribution in [2.75, 3.05) is 19.6 Å². The van der Waals surface area contributed by atoms with Crippen molar-refractivity contribution in [3.63, 3.8) is 0 Å². The maximum Gasteiger partial charge on any atom is 0.234 e. The molecule has 1 saturated carbocycles. The van der Waals surface area contributed by atoms with Crippen molar-refractivity contribution in [2.24, 2.45) is 0 Å². The number of fused-ring (bicyclic) bond motifs is 1. The van der Waals surface area contributed by atoms with Gasteiger partial charge >= 0.3 is 0 Å². The van der Waals surface area contributed by atoms with Gasteiger partial charge in [0, 0.05) is 31.1 Å². The molecule has 28 heavy (non-hydrogen) atoms. The first-order valence-electron chi connectivity index (χ1n) is 10.9. The van der Waals surface area contributed by atoms with Gasteiger partial charge in [-0.1, -0.05) is 19.3 Å². The zero-order valence-electron chi connectivity index (χ0n) is 17.3. The number of aryl methyl sites for hydroxylation is 2. The normalized spacial score (nSPS) is 25.2. The number of carbonyl (C=O) groups is 1. The summed E-state index contributed by atoms with van der Waals surface area (Å²) in [6, 6.07) is 4.50. The number of ether oxygens (including phenoxy) is 1. The van der Waals surface area contributed by atoms with E-state index in [-0.39, 0.29) is 11.5 Å². The zero-order chi connectivity index (χ0) is 19.7. The molecule has 2 aliphatic heterocycles. The van der Waals surface area contributed by atoms with Gasteiger partial charge < -0.3 is 15.2 Å². The highest BCUT2D eigenvalue weighted by Gasteiger charge is 2.43. The van der Waals surface area contributed by atoms with E-state index in [0.29, 0.717) is 19.0 Å². The van der Waals surface area contributed by atoms with Crippen LogP contribution in [0.4, 0.5) is 0 Å². The molecule has 1 spiro atoms. The molecule has 5 heteroatoms. The maximum atomic E-state index is 12.4. The average Bonchev–Trinajstić information content (AvgIpc) is 2.66. The minimum atomic E-state index is -0.468. The number of aliphatic hydroxyl groups is 1. The minimum Gasteiger partial charge on any atom is -0.487 e. The van der Waals surface area contributed by atoms with Crippen molar-refractivity contribution >= 4 is 5.91 Å². The van der Waals surface area contributed by atoms with Crippen LogP contribution < -0.4 is 10.1 Å². The third-order valence-corrected chi connectivity index (χ3v) is 6.98. The Morgan fingerprint density at radius 3 is 2.57 bits per heavy atom. The van der Waals surface area contributed by atoms with E-state index in [2.05, 4.69) is 36.2 Å². The van der Waals surface area contributed by atoms with Crippen LogP contribution in [0.1, 0.15) is 74.2 Å². The van der Waals surface area contributed by atoms with E-state index in [1.165, 1.54) is 30.4 Å². The summed E-state index contributed by atoms with van der Waals surface area (Å²) >= 11 is 0. The molecule has 1 amide bonds. The molecule has 2 N–H and O–H groups in total. The minimum absolute atomic E-state index is 0.156. The maximum absolute atomic E-state index is 12.4. The fourth-order valence-corrected chi connectivity index (χ4v) is 5.05. The summed E-state index contributed by atoms with van der Waals surface area (Å²) in [6.45, 7) is 6.31. The third kappa shape index (κ3) is 4.20. The largest absolute Gasteiger partial charge is 0.487 e. The molecule has 154 valence electrons. The molecule has 0 radical (unpaired) electrons. The number of nitrogens with zero attached hydrogens (tertiary/aromatic N) is 1. The van der Waals surface area contributed by atoms with Crippen LogP contribution in [0.5, 0.6) is 5.75 Å². The molecule has 0 unspecified atom stereocenters. The highest BCUT2D eigenvalue weighted by Crippen LogP contribution is 2.45. The number of carbonyl (C=O) groups excluding carboxylic acids is 1. The Morgan fingerprint density at radius 2 is 1.86 bits per heavy atom. The Morgan fingerprint density at radius 1 is 1.18 bits per heavy atom. The Hall–Kier alpha value is -1.59. The van der Waals surface area contributed by atoms with E-state index in [1.807, 2.05) is 0 Å². The predicted molar refractivity (Wildman–Crippen MR) is 110 cm³/mol. The van der Waals surface area contributed by atoms with Gasteiger partial charge in [0.2, 0.25) is 5.91 Å². The fourth-order valence-electron chi connectivity index (χ4n) is 5.05. The summed E-state index contributed by atoms with van der Waals surface area (Å²) in [4.78, 5) is 14.6. The number of rotatable bonds is 3. The van der Waals surface area contributed by atoms with E-state index in [4.69, 9.17) is 4.74 Å². The van der Waals surface area contributed by atoms with Gasteiger partial charge in [0.1, 0.15) is 11.4 Å². The van der Waals surface area contributed by atoms with Gasteiger partial charge in [-0.3, -0.25) is 9.69 Å². The molecule has 1 saturated heterocycles. The molecule has 1 aromatic carbocycles. The topological polar surface area (TPSA) is 61.8 Å². The number of aliphatic hydroxyl groups excluding tert-OH is 1. The van der Waals surface area contributed by atoms with Gasteiger partial charge in [0.05, 0.1) is 12.6 Å². The highest BCUT2D eigenvalue weighted by atomic mass is 16.5. The lowest BCUT2D eigenvalue weighted by molar-refractivity contribution is -0.124. The second kappa shape index (κ2) is 8.03. The molecule has 2 heterocycles. The molecule has 5 nitrogen and oxygen atoms in total. The van der Waals surface area contributed by atoms with Gasteiger partial charge in [0.15, 0.2) is 0 Å². The Bertz CT molecular complexity index is 719. The van der Waals surface area contributed by atoms with Crippen molar-refractivity contribution in [2.45, 2.75) is 83.0 Å². The van der Waals surface area contributed by atoms with Crippen molar-refractivity contribution in [3.05, 3.63) is 28.8 Å². The molecule has 1 atom stereocenters. The molecule has 1 aromatic rings. The number of piperidine rings is 1. The van der Waals surface area contributed by atoms with E-state index in [9.17, 15) is 9.90 Å². The number of hydrogen-bond acceptors (Lipinski definition) is 4. The predicted octanol–water partition coefficient (Wildman–Crippen LogP) is 3.40. The molecule has 3 aliphatic rings. The Labute approximate surface area is 168 Å². The Kier molecular flexibility index (Phi) is 5.66. The lowest BCUT2D eigenvalue weighted by Gasteiger charge is -2.46. The van der Waals surface area contributed by atoms with Crippen LogP contribution in [0.3, 0.4) is 0 Å². The lowest BCUT2D eigenvalue weighted by Crippen LogP contribution is -2.52. The Balaban J connectivity index is 1.33. The van der Waals surface area contributed by atoms with Crippen molar-refractivity contribution in [3.8, 4) is 5.75 Å². The third-order valence-electron chi connectivity index (χ3n) is 6.98. The first-order chi connectivity index (χ1) is 13.4. The molecular formula is C23H34N2O3. The van der Waals surface area contributed by atoms with Crippen LogP contribution in [0.25, 0.3) is 0 Å². The molecular weight excluding hydrogens is 352 g/mol. The van der Waals surface area contributed by atoms with E-state index < -0.39 is 6.10 Å². The number of amides is 1. The first-order valence-corrected chi connectivity index (χ1v) is 10.9. The standard InChI is InChI=1S/C23H34N2O3/c1-16-12-19-20(26)14-23(28-21(19)13-17(16)2)8-10-25(11-9-23)15-22(27)24-18-6-4-3-5-7-18/h12-13,18,20,26H,3-11,14-15H2,1-2H3,(H,24,27)/t20-/m1/s1.